The van der Waals surface area contributed by atoms with Crippen LogP contribution in [0, 0.1) is 11.3 Å². The Bertz CT molecular complexity index is 791. The van der Waals surface area contributed by atoms with Gasteiger partial charge in [0.15, 0.2) is 0 Å². The van der Waals surface area contributed by atoms with Gasteiger partial charge in [-0.15, -0.1) is 0 Å². The molecule has 2 aromatic rings. The van der Waals surface area contributed by atoms with Gasteiger partial charge in [0.1, 0.15) is 55.0 Å². The molecule has 30 heavy (non-hydrogen) atoms. The number of nitrogens with zero attached hydrogens (tertiary/aromatic N) is 1. The van der Waals surface area contributed by atoms with Crippen molar-refractivity contribution in [3.63, 3.8) is 0 Å². The molecular weight excluding hydrogens is 388 g/mol. The number of benzene rings is 2. The first kappa shape index (κ1) is 23.3. The van der Waals surface area contributed by atoms with E-state index in [0.29, 0.717) is 50.0 Å². The Balaban J connectivity index is 1.66. The van der Waals surface area contributed by atoms with Gasteiger partial charge in [-0.2, -0.15) is 5.26 Å². The monoisotopic (exact) mass is 416 g/mol. The van der Waals surface area contributed by atoms with Crippen molar-refractivity contribution in [1.29, 1.82) is 5.26 Å². The third kappa shape index (κ3) is 8.17. The van der Waals surface area contributed by atoms with Crippen LogP contribution in [0.3, 0.4) is 0 Å². The smallest absolute Gasteiger partial charge is 0.137 e. The van der Waals surface area contributed by atoms with Crippen molar-refractivity contribution in [2.24, 2.45) is 0 Å². The molecule has 0 bridgehead atoms. The number of aliphatic hydroxyl groups excluding tert-OH is 1. The van der Waals surface area contributed by atoms with Crippen LogP contribution in [0.25, 0.3) is 0 Å². The van der Waals surface area contributed by atoms with E-state index in [1.54, 1.807) is 32.4 Å². The standard InChI is InChI=1S/C22H28N2O6/c1-26-11-12-29-21-7-8-22(17(13-21)14-23)30-16-18(25)15-24-9-10-28-20-5-3-19(27-2)4-6-20/h3-8,13,18,24-25H,9-12,15-16H2,1-2H3. The highest BCUT2D eigenvalue weighted by molar-refractivity contribution is 5.47. The molecule has 1 atom stereocenters. The maximum absolute atomic E-state index is 10.1. The van der Waals surface area contributed by atoms with Crippen LogP contribution in [-0.4, -0.2) is 64.9 Å². The van der Waals surface area contributed by atoms with Crippen molar-refractivity contribution in [3.8, 4) is 29.1 Å². The van der Waals surface area contributed by atoms with Gasteiger partial charge in [0.25, 0.3) is 0 Å². The minimum atomic E-state index is -0.727. The molecule has 1 unspecified atom stereocenters. The zero-order valence-electron chi connectivity index (χ0n) is 17.3. The largest absolute Gasteiger partial charge is 0.497 e. The second-order valence-electron chi connectivity index (χ2n) is 6.30. The van der Waals surface area contributed by atoms with Crippen molar-refractivity contribution in [3.05, 3.63) is 48.0 Å². The molecule has 0 aliphatic rings. The zero-order valence-corrected chi connectivity index (χ0v) is 17.3. The molecule has 8 heteroatoms. The summed E-state index contributed by atoms with van der Waals surface area (Å²) < 4.78 is 26.7. The summed E-state index contributed by atoms with van der Waals surface area (Å²) in [5.41, 5.74) is 0.345. The van der Waals surface area contributed by atoms with E-state index in [2.05, 4.69) is 11.4 Å². The molecule has 0 saturated carbocycles. The van der Waals surface area contributed by atoms with Crippen molar-refractivity contribution >= 4 is 0 Å². The summed E-state index contributed by atoms with van der Waals surface area (Å²) in [5, 5.41) is 22.5. The number of ether oxygens (including phenoxy) is 5. The summed E-state index contributed by atoms with van der Waals surface area (Å²) >= 11 is 0. The van der Waals surface area contributed by atoms with Crippen LogP contribution in [-0.2, 0) is 4.74 Å². The lowest BCUT2D eigenvalue weighted by atomic mass is 10.2. The molecule has 0 radical (unpaired) electrons. The predicted molar refractivity (Wildman–Crippen MR) is 111 cm³/mol. The highest BCUT2D eigenvalue weighted by Gasteiger charge is 2.09. The van der Waals surface area contributed by atoms with Crippen LogP contribution >= 0.6 is 0 Å². The van der Waals surface area contributed by atoms with Gasteiger partial charge in [-0.05, 0) is 36.4 Å². The van der Waals surface area contributed by atoms with E-state index in [0.717, 1.165) is 11.5 Å². The normalized spacial score (nSPS) is 11.4. The molecule has 0 saturated heterocycles. The van der Waals surface area contributed by atoms with E-state index in [4.69, 9.17) is 23.7 Å². The number of nitrogens with one attached hydrogen (secondary N) is 1. The predicted octanol–water partition coefficient (Wildman–Crippen LogP) is 2.00. The number of hydrogen-bond donors (Lipinski definition) is 2. The first-order valence-corrected chi connectivity index (χ1v) is 9.60. The first-order valence-electron chi connectivity index (χ1n) is 9.60. The molecule has 162 valence electrons. The molecule has 8 nitrogen and oxygen atoms in total. The lowest BCUT2D eigenvalue weighted by molar-refractivity contribution is 0.105. The Morgan fingerprint density at radius 2 is 1.63 bits per heavy atom. The van der Waals surface area contributed by atoms with Crippen LogP contribution < -0.4 is 24.3 Å². The van der Waals surface area contributed by atoms with Crippen LogP contribution in [0.15, 0.2) is 42.5 Å². The Kier molecular flexibility index (Phi) is 10.3. The van der Waals surface area contributed by atoms with Gasteiger partial charge in [-0.1, -0.05) is 0 Å². The minimum absolute atomic E-state index is 0.0604. The fraction of sp³-hybridized carbons (Fsp3) is 0.409. The van der Waals surface area contributed by atoms with Gasteiger partial charge in [-0.25, -0.2) is 0 Å². The molecule has 0 fully saturated rings. The number of rotatable bonds is 14. The second-order valence-corrected chi connectivity index (χ2v) is 6.30. The third-order valence-electron chi connectivity index (χ3n) is 4.05. The number of methoxy groups -OCH3 is 2. The molecule has 0 heterocycles. The molecule has 0 aliphatic heterocycles. The second kappa shape index (κ2) is 13.3. The fourth-order valence-electron chi connectivity index (χ4n) is 2.48. The van der Waals surface area contributed by atoms with E-state index in [9.17, 15) is 10.4 Å². The van der Waals surface area contributed by atoms with Gasteiger partial charge in [0.05, 0.1) is 19.3 Å². The van der Waals surface area contributed by atoms with Crippen LogP contribution in [0.5, 0.6) is 23.0 Å². The highest BCUT2D eigenvalue weighted by atomic mass is 16.5. The lowest BCUT2D eigenvalue weighted by Crippen LogP contribution is -2.33. The summed E-state index contributed by atoms with van der Waals surface area (Å²) in [6.45, 7) is 2.29. The van der Waals surface area contributed by atoms with Gasteiger partial charge >= 0.3 is 0 Å². The summed E-state index contributed by atoms with van der Waals surface area (Å²) in [5.74, 6) is 2.49. The van der Waals surface area contributed by atoms with Gasteiger partial charge in [0, 0.05) is 26.3 Å². The molecule has 0 spiro atoms. The Morgan fingerprint density at radius 3 is 2.33 bits per heavy atom. The minimum Gasteiger partial charge on any atom is -0.497 e. The van der Waals surface area contributed by atoms with E-state index in [1.807, 2.05) is 24.3 Å². The van der Waals surface area contributed by atoms with Gasteiger partial charge in [0.2, 0.25) is 0 Å². The van der Waals surface area contributed by atoms with Crippen LogP contribution in [0.4, 0.5) is 0 Å². The average molecular weight is 416 g/mol. The number of nitriles is 1. The summed E-state index contributed by atoms with van der Waals surface area (Å²) in [6.07, 6.45) is -0.727. The topological polar surface area (TPSA) is 102 Å². The Morgan fingerprint density at radius 1 is 0.933 bits per heavy atom. The molecule has 2 N–H and O–H groups in total. The SMILES string of the molecule is COCCOc1ccc(OCC(O)CNCCOc2ccc(OC)cc2)c(C#N)c1. The highest BCUT2D eigenvalue weighted by Crippen LogP contribution is 2.23. The molecule has 0 aromatic heterocycles. The lowest BCUT2D eigenvalue weighted by Gasteiger charge is -2.15. The van der Waals surface area contributed by atoms with E-state index in [-0.39, 0.29) is 6.61 Å². The number of aliphatic hydroxyl groups is 1. The van der Waals surface area contributed by atoms with Crippen molar-refractivity contribution < 1.29 is 28.8 Å². The zero-order chi connectivity index (χ0) is 21.6. The molecule has 0 amide bonds. The van der Waals surface area contributed by atoms with Crippen molar-refractivity contribution in [1.82, 2.24) is 5.32 Å². The molecule has 2 rings (SSSR count). The summed E-state index contributed by atoms with van der Waals surface area (Å²) in [4.78, 5) is 0. The Hall–Kier alpha value is -2.99. The van der Waals surface area contributed by atoms with Crippen LogP contribution in [0.1, 0.15) is 5.56 Å². The van der Waals surface area contributed by atoms with E-state index in [1.165, 1.54) is 0 Å². The van der Waals surface area contributed by atoms with Crippen LogP contribution in [0.2, 0.25) is 0 Å². The maximum atomic E-state index is 10.1. The van der Waals surface area contributed by atoms with Gasteiger partial charge in [-0.3, -0.25) is 0 Å². The van der Waals surface area contributed by atoms with Gasteiger partial charge < -0.3 is 34.1 Å². The average Bonchev–Trinajstić information content (AvgIpc) is 2.78. The van der Waals surface area contributed by atoms with Crippen molar-refractivity contribution in [2.75, 3.05) is 53.7 Å². The maximum Gasteiger partial charge on any atom is 0.137 e. The van der Waals surface area contributed by atoms with E-state index < -0.39 is 6.10 Å². The quantitative estimate of drug-likeness (QED) is 0.451. The number of hydrogen-bond acceptors (Lipinski definition) is 8. The molecular formula is C22H28N2O6. The first-order chi connectivity index (χ1) is 14.7. The Labute approximate surface area is 176 Å². The summed E-state index contributed by atoms with van der Waals surface area (Å²) in [6, 6.07) is 14.4. The molecule has 0 aliphatic carbocycles. The molecule has 2 aromatic carbocycles. The van der Waals surface area contributed by atoms with Crippen molar-refractivity contribution in [2.45, 2.75) is 6.10 Å². The third-order valence-corrected chi connectivity index (χ3v) is 4.05. The van der Waals surface area contributed by atoms with E-state index >= 15 is 0 Å². The fourth-order valence-corrected chi connectivity index (χ4v) is 2.48. The summed E-state index contributed by atoms with van der Waals surface area (Å²) in [7, 11) is 3.21.